The lowest BCUT2D eigenvalue weighted by atomic mass is 10.2. The van der Waals surface area contributed by atoms with Gasteiger partial charge in [-0.1, -0.05) is 18.2 Å². The number of amides is 1. The Balaban J connectivity index is 1.38. The molecule has 0 spiro atoms. The van der Waals surface area contributed by atoms with Gasteiger partial charge >= 0.3 is 0 Å². The highest BCUT2D eigenvalue weighted by atomic mass is 19.1. The lowest BCUT2D eigenvalue weighted by Gasteiger charge is -2.09. The van der Waals surface area contributed by atoms with E-state index in [2.05, 4.69) is 20.5 Å². The van der Waals surface area contributed by atoms with E-state index in [4.69, 9.17) is 4.74 Å². The van der Waals surface area contributed by atoms with E-state index < -0.39 is 5.82 Å². The molecule has 0 saturated heterocycles. The topological polar surface area (TPSA) is 86.9 Å². The summed E-state index contributed by atoms with van der Waals surface area (Å²) in [4.78, 5) is 16.9. The maximum Gasteiger partial charge on any atom is 0.269 e. The first-order valence-electron chi connectivity index (χ1n) is 9.21. The van der Waals surface area contributed by atoms with Crippen LogP contribution in [0.3, 0.4) is 0 Å². The van der Waals surface area contributed by atoms with Crippen LogP contribution in [0.4, 0.5) is 4.39 Å². The minimum atomic E-state index is -0.431. The lowest BCUT2D eigenvalue weighted by Crippen LogP contribution is -2.26. The molecule has 3 heterocycles. The van der Waals surface area contributed by atoms with Crippen LogP contribution in [0.2, 0.25) is 0 Å². The Kier molecular flexibility index (Phi) is 5.51. The van der Waals surface area contributed by atoms with Gasteiger partial charge in [-0.05, 0) is 35.4 Å². The Hall–Kier alpha value is -4.01. The van der Waals surface area contributed by atoms with E-state index in [-0.39, 0.29) is 5.91 Å². The number of carbonyl (C=O) groups is 1. The number of halogens is 1. The molecule has 0 bridgehead atoms. The highest BCUT2D eigenvalue weighted by molar-refractivity contribution is 5.92. The quantitative estimate of drug-likeness (QED) is 0.510. The molecule has 0 atom stereocenters. The number of ether oxygens (including phenoxy) is 1. The molecular formula is C21H19FN6O2. The van der Waals surface area contributed by atoms with Gasteiger partial charge in [0.2, 0.25) is 0 Å². The van der Waals surface area contributed by atoms with Gasteiger partial charge < -0.3 is 10.1 Å². The van der Waals surface area contributed by atoms with Gasteiger partial charge in [-0.3, -0.25) is 9.48 Å². The first-order chi connectivity index (χ1) is 14.6. The van der Waals surface area contributed by atoms with Crippen LogP contribution in [0, 0.1) is 5.82 Å². The molecule has 3 aromatic heterocycles. The number of hydrogen-bond donors (Lipinski definition) is 1. The van der Waals surface area contributed by atoms with Crippen LogP contribution in [0.15, 0.2) is 67.3 Å². The molecule has 0 radical (unpaired) electrons. The van der Waals surface area contributed by atoms with Crippen molar-refractivity contribution in [3.63, 3.8) is 0 Å². The largest absolute Gasteiger partial charge is 0.497 e. The number of aromatic nitrogens is 5. The standard InChI is InChI=1S/C21H19FN6O2/c1-30-18-5-2-15(3-6-18)13-27-19(8-9-25-27)21(29)24-11-16-4-7-20(23-10-16)28-14-17(22)12-26-28/h2-10,12,14H,11,13H2,1H3,(H,24,29). The van der Waals surface area contributed by atoms with Gasteiger partial charge in [0.15, 0.2) is 11.6 Å². The second-order valence-corrected chi connectivity index (χ2v) is 6.53. The average Bonchev–Trinajstić information content (AvgIpc) is 3.42. The maximum atomic E-state index is 13.1. The van der Waals surface area contributed by atoms with Gasteiger partial charge in [-0.2, -0.15) is 10.2 Å². The summed E-state index contributed by atoms with van der Waals surface area (Å²) in [6.07, 6.45) is 5.57. The molecule has 0 aliphatic heterocycles. The summed E-state index contributed by atoms with van der Waals surface area (Å²) in [5, 5.41) is 11.0. The molecule has 0 aliphatic carbocycles. The van der Waals surface area contributed by atoms with Crippen molar-refractivity contribution < 1.29 is 13.9 Å². The van der Waals surface area contributed by atoms with Crippen molar-refractivity contribution in [3.8, 4) is 11.6 Å². The fourth-order valence-corrected chi connectivity index (χ4v) is 2.91. The summed E-state index contributed by atoms with van der Waals surface area (Å²) in [5.74, 6) is 0.597. The maximum absolute atomic E-state index is 13.1. The molecule has 0 saturated carbocycles. The molecule has 30 heavy (non-hydrogen) atoms. The molecule has 0 fully saturated rings. The van der Waals surface area contributed by atoms with Crippen molar-refractivity contribution >= 4 is 5.91 Å². The normalized spacial score (nSPS) is 10.7. The number of nitrogens with zero attached hydrogens (tertiary/aromatic N) is 5. The van der Waals surface area contributed by atoms with Crippen molar-refractivity contribution in [2.24, 2.45) is 0 Å². The third-order valence-corrected chi connectivity index (χ3v) is 4.49. The van der Waals surface area contributed by atoms with Gasteiger partial charge in [-0.15, -0.1) is 0 Å². The fourth-order valence-electron chi connectivity index (χ4n) is 2.91. The van der Waals surface area contributed by atoms with Crippen LogP contribution in [0.1, 0.15) is 21.6 Å². The summed E-state index contributed by atoms with van der Waals surface area (Å²) < 4.78 is 21.2. The van der Waals surface area contributed by atoms with Crippen LogP contribution < -0.4 is 10.1 Å². The molecule has 4 rings (SSSR count). The molecule has 1 amide bonds. The van der Waals surface area contributed by atoms with Gasteiger partial charge in [-0.25, -0.2) is 14.1 Å². The second kappa shape index (κ2) is 8.56. The van der Waals surface area contributed by atoms with Crippen molar-refractivity contribution in [2.75, 3.05) is 7.11 Å². The SMILES string of the molecule is COc1ccc(Cn2nccc2C(=O)NCc2ccc(-n3cc(F)cn3)nc2)cc1. The third kappa shape index (κ3) is 4.35. The lowest BCUT2D eigenvalue weighted by molar-refractivity contribution is 0.0940. The predicted octanol–water partition coefficient (Wildman–Crippen LogP) is 2.59. The molecule has 4 aromatic rings. The average molecular weight is 406 g/mol. The monoisotopic (exact) mass is 406 g/mol. The van der Waals surface area contributed by atoms with E-state index in [0.29, 0.717) is 24.6 Å². The molecular weight excluding hydrogens is 387 g/mol. The predicted molar refractivity (Wildman–Crippen MR) is 107 cm³/mol. The van der Waals surface area contributed by atoms with Gasteiger partial charge in [0.25, 0.3) is 5.91 Å². The van der Waals surface area contributed by atoms with E-state index >= 15 is 0 Å². The van der Waals surface area contributed by atoms with E-state index in [1.165, 1.54) is 10.9 Å². The Morgan fingerprint density at radius 1 is 1.07 bits per heavy atom. The number of pyridine rings is 1. The Labute approximate surface area is 171 Å². The van der Waals surface area contributed by atoms with Crippen molar-refractivity contribution in [1.82, 2.24) is 29.9 Å². The first kappa shape index (κ1) is 19.3. The molecule has 0 aliphatic rings. The van der Waals surface area contributed by atoms with Crippen molar-refractivity contribution in [3.05, 3.63) is 89.9 Å². The van der Waals surface area contributed by atoms with Gasteiger partial charge in [0.05, 0.1) is 26.0 Å². The first-order valence-corrected chi connectivity index (χ1v) is 9.21. The fraction of sp³-hybridized carbons (Fsp3) is 0.143. The molecule has 152 valence electrons. The summed E-state index contributed by atoms with van der Waals surface area (Å²) in [7, 11) is 1.62. The zero-order valence-corrected chi connectivity index (χ0v) is 16.2. The zero-order valence-electron chi connectivity index (χ0n) is 16.2. The van der Waals surface area contributed by atoms with Gasteiger partial charge in [0.1, 0.15) is 11.4 Å². The summed E-state index contributed by atoms with van der Waals surface area (Å²) in [6.45, 7) is 0.768. The zero-order chi connectivity index (χ0) is 20.9. The molecule has 0 unspecified atom stereocenters. The van der Waals surface area contributed by atoms with E-state index in [0.717, 1.165) is 23.1 Å². The number of rotatable bonds is 7. The van der Waals surface area contributed by atoms with Crippen LogP contribution in [0.25, 0.3) is 5.82 Å². The van der Waals surface area contributed by atoms with Crippen molar-refractivity contribution in [1.29, 1.82) is 0 Å². The molecule has 9 heteroatoms. The van der Waals surface area contributed by atoms with Crippen molar-refractivity contribution in [2.45, 2.75) is 13.1 Å². The summed E-state index contributed by atoms with van der Waals surface area (Å²) in [5.41, 5.74) is 2.27. The number of methoxy groups -OCH3 is 1. The Morgan fingerprint density at radius 2 is 1.87 bits per heavy atom. The van der Waals surface area contributed by atoms with Gasteiger partial charge in [0, 0.05) is 18.9 Å². The van der Waals surface area contributed by atoms with E-state index in [1.807, 2.05) is 24.3 Å². The van der Waals surface area contributed by atoms with Crippen LogP contribution in [-0.4, -0.2) is 37.6 Å². The highest BCUT2D eigenvalue weighted by Crippen LogP contribution is 2.13. The number of hydrogen-bond acceptors (Lipinski definition) is 5. The number of nitrogens with one attached hydrogen (secondary N) is 1. The second-order valence-electron chi connectivity index (χ2n) is 6.53. The summed E-state index contributed by atoms with van der Waals surface area (Å²) in [6, 6.07) is 12.8. The number of carbonyl (C=O) groups excluding carboxylic acids is 1. The van der Waals surface area contributed by atoms with Crippen LogP contribution in [-0.2, 0) is 13.1 Å². The minimum absolute atomic E-state index is 0.237. The summed E-state index contributed by atoms with van der Waals surface area (Å²) >= 11 is 0. The molecule has 8 nitrogen and oxygen atoms in total. The van der Waals surface area contributed by atoms with Crippen LogP contribution >= 0.6 is 0 Å². The smallest absolute Gasteiger partial charge is 0.269 e. The molecule has 1 N–H and O–H groups in total. The highest BCUT2D eigenvalue weighted by Gasteiger charge is 2.12. The minimum Gasteiger partial charge on any atom is -0.497 e. The van der Waals surface area contributed by atoms with E-state index in [9.17, 15) is 9.18 Å². The number of benzene rings is 1. The van der Waals surface area contributed by atoms with Crippen LogP contribution in [0.5, 0.6) is 5.75 Å². The Bertz CT molecular complexity index is 1140. The van der Waals surface area contributed by atoms with E-state index in [1.54, 1.807) is 42.4 Å². The third-order valence-electron chi connectivity index (χ3n) is 4.49. The molecule has 1 aromatic carbocycles. The Morgan fingerprint density at radius 3 is 2.53 bits per heavy atom.